The van der Waals surface area contributed by atoms with Gasteiger partial charge < -0.3 is 10.2 Å². The van der Waals surface area contributed by atoms with Crippen molar-refractivity contribution in [3.63, 3.8) is 0 Å². The molecule has 1 unspecified atom stereocenters. The lowest BCUT2D eigenvalue weighted by Crippen LogP contribution is -2.37. The zero-order valence-electron chi connectivity index (χ0n) is 12.8. The Balaban J connectivity index is 1.60. The predicted octanol–water partition coefficient (Wildman–Crippen LogP) is 4.32. The number of hydrogen-bond acceptors (Lipinski definition) is 5. The van der Waals surface area contributed by atoms with E-state index in [4.69, 9.17) is 0 Å². The highest BCUT2D eigenvalue weighted by Gasteiger charge is 2.22. The van der Waals surface area contributed by atoms with E-state index in [0.717, 1.165) is 21.8 Å². The molecule has 0 saturated carbocycles. The van der Waals surface area contributed by atoms with E-state index in [0.29, 0.717) is 11.2 Å². The third kappa shape index (κ3) is 4.20. The summed E-state index contributed by atoms with van der Waals surface area (Å²) in [7, 11) is 0. The van der Waals surface area contributed by atoms with Crippen LogP contribution in [0.15, 0.2) is 28.7 Å². The van der Waals surface area contributed by atoms with Gasteiger partial charge >= 0.3 is 6.03 Å². The Bertz CT molecular complexity index is 675. The van der Waals surface area contributed by atoms with Gasteiger partial charge in [0.05, 0.1) is 0 Å². The van der Waals surface area contributed by atoms with Gasteiger partial charge in [-0.25, -0.2) is 4.79 Å². The summed E-state index contributed by atoms with van der Waals surface area (Å²) in [6, 6.07) is 7.55. The van der Waals surface area contributed by atoms with Crippen molar-refractivity contribution in [2.24, 2.45) is 0 Å². The van der Waals surface area contributed by atoms with E-state index < -0.39 is 0 Å². The Hall–Kier alpha value is -1.67. The number of nitrogens with zero attached hydrogens (tertiary/aromatic N) is 3. The van der Waals surface area contributed by atoms with Gasteiger partial charge in [0.15, 0.2) is 0 Å². The van der Waals surface area contributed by atoms with Gasteiger partial charge in [0.2, 0.25) is 10.3 Å². The van der Waals surface area contributed by atoms with Crippen LogP contribution >= 0.6 is 27.3 Å². The highest BCUT2D eigenvalue weighted by Crippen LogP contribution is 2.29. The van der Waals surface area contributed by atoms with Gasteiger partial charge in [-0.2, -0.15) is 0 Å². The molecule has 0 radical (unpaired) electrons. The molecule has 2 amide bonds. The van der Waals surface area contributed by atoms with E-state index >= 15 is 0 Å². The second-order valence-corrected chi connectivity index (χ2v) is 7.39. The number of halogens is 1. The van der Waals surface area contributed by atoms with Crippen LogP contribution in [0.1, 0.15) is 26.2 Å². The monoisotopic (exact) mass is 395 g/mol. The summed E-state index contributed by atoms with van der Waals surface area (Å²) in [4.78, 5) is 14.3. The quantitative estimate of drug-likeness (QED) is 0.811. The molecule has 1 aromatic heterocycles. The smallest absolute Gasteiger partial charge is 0.325 e. The molecule has 3 rings (SSSR count). The third-order valence-electron chi connectivity index (χ3n) is 3.79. The van der Waals surface area contributed by atoms with Gasteiger partial charge in [-0.15, -0.1) is 10.2 Å². The van der Waals surface area contributed by atoms with Crippen molar-refractivity contribution in [1.29, 1.82) is 0 Å². The fraction of sp³-hybridized carbons (Fsp3) is 0.400. The number of aromatic nitrogens is 2. The maximum atomic E-state index is 12.0. The maximum absolute atomic E-state index is 12.0. The first-order valence-corrected chi connectivity index (χ1v) is 9.16. The Morgan fingerprint density at radius 3 is 2.78 bits per heavy atom. The zero-order chi connectivity index (χ0) is 16.2. The van der Waals surface area contributed by atoms with Crippen LogP contribution in [0.2, 0.25) is 0 Å². The molecule has 0 bridgehead atoms. The van der Waals surface area contributed by atoms with Crippen molar-refractivity contribution in [3.8, 4) is 0 Å². The van der Waals surface area contributed by atoms with Crippen molar-refractivity contribution >= 4 is 49.2 Å². The molecule has 1 fully saturated rings. The summed E-state index contributed by atoms with van der Waals surface area (Å²) in [5, 5.41) is 15.2. The largest absolute Gasteiger partial charge is 0.344 e. The number of hydrogen-bond donors (Lipinski definition) is 2. The van der Waals surface area contributed by atoms with Crippen molar-refractivity contribution in [2.45, 2.75) is 32.2 Å². The average Bonchev–Trinajstić information content (AvgIpc) is 2.98. The average molecular weight is 396 g/mol. The Labute approximate surface area is 147 Å². The number of amides is 2. The standard InChI is InChI=1S/C15H18BrN5OS/c1-10-4-2-3-9-21(10)15-20-19-14(23-15)18-13(22)17-12-7-5-11(16)6-8-12/h5-8,10H,2-4,9H2,1H3,(H2,17,18,19,22). The zero-order valence-corrected chi connectivity index (χ0v) is 15.2. The predicted molar refractivity (Wildman–Crippen MR) is 97.4 cm³/mol. The second-order valence-electron chi connectivity index (χ2n) is 5.51. The lowest BCUT2D eigenvalue weighted by atomic mass is 10.1. The molecule has 6 nitrogen and oxygen atoms in total. The van der Waals surface area contributed by atoms with Crippen LogP contribution in [-0.2, 0) is 0 Å². The summed E-state index contributed by atoms with van der Waals surface area (Å²) in [6.07, 6.45) is 3.61. The minimum atomic E-state index is -0.318. The highest BCUT2D eigenvalue weighted by molar-refractivity contribution is 9.10. The molecule has 1 aliphatic rings. The molecule has 2 heterocycles. The number of rotatable bonds is 3. The topological polar surface area (TPSA) is 70.2 Å². The van der Waals surface area contributed by atoms with Crippen LogP contribution in [-0.4, -0.2) is 28.8 Å². The van der Waals surface area contributed by atoms with Crippen molar-refractivity contribution in [1.82, 2.24) is 10.2 Å². The van der Waals surface area contributed by atoms with E-state index in [1.54, 1.807) is 0 Å². The summed E-state index contributed by atoms with van der Waals surface area (Å²) >= 11 is 4.77. The van der Waals surface area contributed by atoms with Crippen molar-refractivity contribution < 1.29 is 4.79 Å². The third-order valence-corrected chi connectivity index (χ3v) is 5.19. The number of carbonyl (C=O) groups is 1. The molecule has 2 N–H and O–H groups in total. The van der Waals surface area contributed by atoms with Crippen molar-refractivity contribution in [2.75, 3.05) is 22.1 Å². The van der Waals surface area contributed by atoms with Crippen LogP contribution in [0.25, 0.3) is 0 Å². The van der Waals surface area contributed by atoms with Gasteiger partial charge in [0.1, 0.15) is 0 Å². The summed E-state index contributed by atoms with van der Waals surface area (Å²) in [5.41, 5.74) is 0.722. The SMILES string of the molecule is CC1CCCCN1c1nnc(NC(=O)Nc2ccc(Br)cc2)s1. The van der Waals surface area contributed by atoms with Gasteiger partial charge in [0, 0.05) is 22.7 Å². The molecule has 0 aliphatic carbocycles. The van der Waals surface area contributed by atoms with Gasteiger partial charge in [-0.3, -0.25) is 5.32 Å². The van der Waals surface area contributed by atoms with E-state index in [-0.39, 0.29) is 6.03 Å². The number of anilines is 3. The molecule has 0 spiro atoms. The normalized spacial score (nSPS) is 17.8. The number of carbonyl (C=O) groups excluding carboxylic acids is 1. The number of nitrogens with one attached hydrogen (secondary N) is 2. The van der Waals surface area contributed by atoms with Gasteiger partial charge in [-0.05, 0) is 50.5 Å². The Morgan fingerprint density at radius 2 is 2.04 bits per heavy atom. The minimum absolute atomic E-state index is 0.318. The van der Waals surface area contributed by atoms with E-state index in [1.807, 2.05) is 24.3 Å². The molecule has 1 aliphatic heterocycles. The first kappa shape index (κ1) is 16.2. The lowest BCUT2D eigenvalue weighted by Gasteiger charge is -2.32. The van der Waals surface area contributed by atoms with Crippen LogP contribution in [0.3, 0.4) is 0 Å². The molecule has 2 aromatic rings. The first-order chi connectivity index (χ1) is 11.1. The molecule has 1 atom stereocenters. The number of piperidine rings is 1. The molecule has 1 aromatic carbocycles. The fourth-order valence-electron chi connectivity index (χ4n) is 2.56. The second kappa shape index (κ2) is 7.27. The summed E-state index contributed by atoms with van der Waals surface area (Å²) in [6.45, 7) is 3.20. The number of benzene rings is 1. The molecule has 23 heavy (non-hydrogen) atoms. The number of urea groups is 1. The van der Waals surface area contributed by atoms with Gasteiger partial charge in [0.25, 0.3) is 0 Å². The molecule has 8 heteroatoms. The van der Waals surface area contributed by atoms with Crippen molar-refractivity contribution in [3.05, 3.63) is 28.7 Å². The first-order valence-electron chi connectivity index (χ1n) is 7.55. The highest BCUT2D eigenvalue weighted by atomic mass is 79.9. The van der Waals surface area contributed by atoms with Crippen LogP contribution < -0.4 is 15.5 Å². The van der Waals surface area contributed by atoms with E-state index in [2.05, 4.69) is 48.6 Å². The Morgan fingerprint density at radius 1 is 1.26 bits per heavy atom. The summed E-state index contributed by atoms with van der Waals surface area (Å²) < 4.78 is 0.966. The fourth-order valence-corrected chi connectivity index (χ4v) is 3.69. The molecular formula is C15H18BrN5OS. The minimum Gasteiger partial charge on any atom is -0.344 e. The van der Waals surface area contributed by atoms with E-state index in [9.17, 15) is 4.79 Å². The maximum Gasteiger partial charge on any atom is 0.325 e. The van der Waals surface area contributed by atoms with Crippen LogP contribution in [0, 0.1) is 0 Å². The van der Waals surface area contributed by atoms with E-state index in [1.165, 1.54) is 30.6 Å². The molecule has 122 valence electrons. The molecular weight excluding hydrogens is 378 g/mol. The van der Waals surface area contributed by atoms with Crippen LogP contribution in [0.4, 0.5) is 20.7 Å². The van der Waals surface area contributed by atoms with Crippen LogP contribution in [0.5, 0.6) is 0 Å². The summed E-state index contributed by atoms with van der Waals surface area (Å²) in [5.74, 6) is 0. The lowest BCUT2D eigenvalue weighted by molar-refractivity contribution is 0.262. The molecule has 1 saturated heterocycles. The Kier molecular flexibility index (Phi) is 5.12. The van der Waals surface area contributed by atoms with Gasteiger partial charge in [-0.1, -0.05) is 27.3 Å².